The molecule has 0 N–H and O–H groups in total. The van der Waals surface area contributed by atoms with E-state index in [1.165, 1.54) is 33.8 Å². The van der Waals surface area contributed by atoms with Crippen molar-refractivity contribution in [2.24, 2.45) is 0 Å². The Kier molecular flexibility index (Phi) is 9.28. The van der Waals surface area contributed by atoms with E-state index in [1.54, 1.807) is 55.5 Å². The lowest BCUT2D eigenvalue weighted by atomic mass is 10.1. The van der Waals surface area contributed by atoms with E-state index in [4.69, 9.17) is 18.9 Å². The monoisotopic (exact) mass is 478 g/mol. The molecular formula is C27H26O8. The minimum atomic E-state index is -0.553. The molecule has 0 spiro atoms. The van der Waals surface area contributed by atoms with Crippen molar-refractivity contribution in [2.75, 3.05) is 0 Å². The number of hydrogen-bond donors (Lipinski definition) is 0. The molecule has 0 atom stereocenters. The normalized spacial score (nSPS) is 10.8. The molecule has 0 fully saturated rings. The van der Waals surface area contributed by atoms with Crippen molar-refractivity contribution in [3.05, 3.63) is 65.3 Å². The van der Waals surface area contributed by atoms with Crippen LogP contribution in [-0.4, -0.2) is 23.9 Å². The van der Waals surface area contributed by atoms with E-state index in [0.717, 1.165) is 5.57 Å². The fourth-order valence-electron chi connectivity index (χ4n) is 2.90. The Morgan fingerprint density at radius 1 is 0.657 bits per heavy atom. The third-order valence-electron chi connectivity index (χ3n) is 4.12. The number of ether oxygens (including phenoxy) is 4. The third kappa shape index (κ3) is 8.77. The maximum Gasteiger partial charge on any atom is 0.308 e. The van der Waals surface area contributed by atoms with Crippen molar-refractivity contribution in [1.82, 2.24) is 0 Å². The van der Waals surface area contributed by atoms with Crippen LogP contribution in [0.2, 0.25) is 0 Å². The Morgan fingerprint density at radius 2 is 1.17 bits per heavy atom. The molecule has 0 amide bonds. The van der Waals surface area contributed by atoms with Crippen LogP contribution in [0, 0.1) is 0 Å². The number of allylic oxidation sites excluding steroid dienone is 2. The van der Waals surface area contributed by atoms with Gasteiger partial charge in [-0.05, 0) is 42.8 Å². The molecule has 0 saturated heterocycles. The summed E-state index contributed by atoms with van der Waals surface area (Å²) in [7, 11) is 0. The van der Waals surface area contributed by atoms with Crippen LogP contribution in [0.1, 0.15) is 51.3 Å². The molecule has 0 aliphatic heterocycles. The van der Waals surface area contributed by atoms with E-state index >= 15 is 0 Å². The summed E-state index contributed by atoms with van der Waals surface area (Å²) in [4.78, 5) is 46.2. The Labute approximate surface area is 203 Å². The molecule has 0 heterocycles. The molecule has 0 unspecified atom stereocenters. The molecule has 2 aromatic rings. The molecule has 0 radical (unpaired) electrons. The second-order valence-electron chi connectivity index (χ2n) is 7.52. The quantitative estimate of drug-likeness (QED) is 0.222. The maximum atomic E-state index is 11.7. The Balaban J connectivity index is 2.59. The standard InChI is InChI=1S/C27H26O8/c1-16(2)7-12-24-26(34-19(5)30)13-21(14-27(24)35-20(6)31)8-9-22-10-11-23(32-17(3)28)15-25(22)33-18(4)29/h7-15H,1H2,2-6H3/b9-8+,12-7+. The van der Waals surface area contributed by atoms with Gasteiger partial charge in [-0.2, -0.15) is 0 Å². The first-order chi connectivity index (χ1) is 16.4. The largest absolute Gasteiger partial charge is 0.427 e. The van der Waals surface area contributed by atoms with Crippen molar-refractivity contribution in [2.45, 2.75) is 34.6 Å². The van der Waals surface area contributed by atoms with Gasteiger partial charge < -0.3 is 18.9 Å². The van der Waals surface area contributed by atoms with Gasteiger partial charge in [-0.25, -0.2) is 0 Å². The van der Waals surface area contributed by atoms with Gasteiger partial charge in [0.15, 0.2) is 0 Å². The van der Waals surface area contributed by atoms with Crippen LogP contribution < -0.4 is 18.9 Å². The van der Waals surface area contributed by atoms with Crippen molar-refractivity contribution in [3.63, 3.8) is 0 Å². The average molecular weight is 478 g/mol. The molecule has 2 aromatic carbocycles. The van der Waals surface area contributed by atoms with Crippen LogP contribution >= 0.6 is 0 Å². The van der Waals surface area contributed by atoms with Crippen LogP contribution in [0.5, 0.6) is 23.0 Å². The van der Waals surface area contributed by atoms with Crippen molar-refractivity contribution >= 4 is 42.1 Å². The van der Waals surface area contributed by atoms with Crippen LogP contribution in [0.4, 0.5) is 0 Å². The van der Waals surface area contributed by atoms with Crippen LogP contribution in [0.25, 0.3) is 18.2 Å². The zero-order valence-corrected chi connectivity index (χ0v) is 20.2. The van der Waals surface area contributed by atoms with Crippen molar-refractivity contribution < 1.29 is 38.1 Å². The topological polar surface area (TPSA) is 105 Å². The maximum absolute atomic E-state index is 11.7. The Hall–Kier alpha value is -4.46. The highest BCUT2D eigenvalue weighted by molar-refractivity contribution is 5.82. The van der Waals surface area contributed by atoms with Gasteiger partial charge in [0.25, 0.3) is 0 Å². The molecule has 0 bridgehead atoms. The van der Waals surface area contributed by atoms with Gasteiger partial charge in [0.2, 0.25) is 0 Å². The highest BCUT2D eigenvalue weighted by Gasteiger charge is 2.15. The number of esters is 4. The summed E-state index contributed by atoms with van der Waals surface area (Å²) in [6.07, 6.45) is 6.63. The first-order valence-electron chi connectivity index (χ1n) is 10.5. The van der Waals surface area contributed by atoms with Crippen molar-refractivity contribution in [3.8, 4) is 23.0 Å². The van der Waals surface area contributed by atoms with Gasteiger partial charge in [-0.3, -0.25) is 19.2 Å². The smallest absolute Gasteiger partial charge is 0.308 e. The van der Waals surface area contributed by atoms with E-state index in [-0.39, 0.29) is 23.0 Å². The fraction of sp³-hybridized carbons (Fsp3) is 0.185. The van der Waals surface area contributed by atoms with Gasteiger partial charge in [-0.15, -0.1) is 0 Å². The summed E-state index contributed by atoms with van der Waals surface area (Å²) < 4.78 is 21.0. The van der Waals surface area contributed by atoms with E-state index < -0.39 is 23.9 Å². The Morgan fingerprint density at radius 3 is 1.66 bits per heavy atom. The summed E-state index contributed by atoms with van der Waals surface area (Å²) in [6.45, 7) is 10.6. The number of carbonyl (C=O) groups is 4. The predicted octanol–water partition coefficient (Wildman–Crippen LogP) is 5.15. The molecule has 0 aliphatic carbocycles. The third-order valence-corrected chi connectivity index (χ3v) is 4.12. The van der Waals surface area contributed by atoms with E-state index in [9.17, 15) is 19.2 Å². The lowest BCUT2D eigenvalue weighted by Crippen LogP contribution is -2.07. The van der Waals surface area contributed by atoms with Crippen LogP contribution in [-0.2, 0) is 19.2 Å². The number of benzene rings is 2. The second kappa shape index (κ2) is 12.1. The molecule has 0 aliphatic rings. The van der Waals surface area contributed by atoms with Crippen LogP contribution in [0.15, 0.2) is 48.6 Å². The van der Waals surface area contributed by atoms with Gasteiger partial charge in [0.1, 0.15) is 23.0 Å². The predicted molar refractivity (Wildman–Crippen MR) is 131 cm³/mol. The summed E-state index contributed by atoms with van der Waals surface area (Å²) >= 11 is 0. The number of hydrogen-bond acceptors (Lipinski definition) is 8. The molecule has 0 saturated carbocycles. The van der Waals surface area contributed by atoms with Crippen LogP contribution in [0.3, 0.4) is 0 Å². The summed E-state index contributed by atoms with van der Waals surface area (Å²) in [5.41, 5.74) is 2.17. The van der Waals surface area contributed by atoms with E-state index in [1.807, 2.05) is 0 Å². The highest BCUT2D eigenvalue weighted by Crippen LogP contribution is 2.34. The summed E-state index contributed by atoms with van der Waals surface area (Å²) in [6, 6.07) is 7.77. The fourth-order valence-corrected chi connectivity index (χ4v) is 2.90. The zero-order chi connectivity index (χ0) is 26.1. The highest BCUT2D eigenvalue weighted by atomic mass is 16.6. The van der Waals surface area contributed by atoms with Gasteiger partial charge in [0.05, 0.1) is 5.56 Å². The lowest BCUT2D eigenvalue weighted by Gasteiger charge is -2.13. The minimum Gasteiger partial charge on any atom is -0.427 e. The zero-order valence-electron chi connectivity index (χ0n) is 20.2. The first-order valence-corrected chi connectivity index (χ1v) is 10.5. The molecule has 35 heavy (non-hydrogen) atoms. The second-order valence-corrected chi connectivity index (χ2v) is 7.52. The van der Waals surface area contributed by atoms with E-state index in [2.05, 4.69) is 6.58 Å². The van der Waals surface area contributed by atoms with E-state index in [0.29, 0.717) is 16.7 Å². The van der Waals surface area contributed by atoms with Crippen molar-refractivity contribution in [1.29, 1.82) is 0 Å². The first kappa shape index (κ1) is 26.8. The molecular weight excluding hydrogens is 452 g/mol. The molecule has 8 nitrogen and oxygen atoms in total. The molecule has 8 heteroatoms. The average Bonchev–Trinajstić information content (AvgIpc) is 2.70. The van der Waals surface area contributed by atoms with Gasteiger partial charge in [0, 0.05) is 39.3 Å². The number of carbonyl (C=O) groups excluding carboxylic acids is 4. The lowest BCUT2D eigenvalue weighted by molar-refractivity contribution is -0.133. The van der Waals surface area contributed by atoms with Gasteiger partial charge >= 0.3 is 23.9 Å². The minimum absolute atomic E-state index is 0.175. The van der Waals surface area contributed by atoms with Gasteiger partial charge in [-0.1, -0.05) is 30.4 Å². The molecule has 182 valence electrons. The summed E-state index contributed by atoms with van der Waals surface area (Å²) in [5, 5.41) is 0. The summed E-state index contributed by atoms with van der Waals surface area (Å²) in [5.74, 6) is -1.42. The Bertz CT molecular complexity index is 1200. The SMILES string of the molecule is C=C(C)/C=C/c1c(OC(C)=O)cc(/C=C/c2ccc(OC(C)=O)cc2OC(C)=O)cc1OC(C)=O. The number of rotatable bonds is 8. The molecule has 2 rings (SSSR count). The molecule has 0 aromatic heterocycles.